The summed E-state index contributed by atoms with van der Waals surface area (Å²) in [5, 5.41) is 9.01. The molecule has 0 aliphatic carbocycles. The van der Waals surface area contributed by atoms with Crippen molar-refractivity contribution < 1.29 is 19.0 Å². The Labute approximate surface area is 105 Å². The van der Waals surface area contributed by atoms with Crippen LogP contribution in [0, 0.1) is 5.82 Å². The van der Waals surface area contributed by atoms with Crippen LogP contribution in [-0.4, -0.2) is 42.2 Å². The van der Waals surface area contributed by atoms with Gasteiger partial charge in [-0.15, -0.1) is 0 Å². The van der Waals surface area contributed by atoms with E-state index in [9.17, 15) is 9.18 Å². The number of halogens is 1. The van der Waals surface area contributed by atoms with Crippen LogP contribution in [0.5, 0.6) is 5.75 Å². The van der Waals surface area contributed by atoms with Crippen LogP contribution >= 0.6 is 0 Å². The van der Waals surface area contributed by atoms with Crippen molar-refractivity contribution in [2.75, 3.05) is 20.1 Å². The molecule has 18 heavy (non-hydrogen) atoms. The van der Waals surface area contributed by atoms with E-state index >= 15 is 0 Å². The molecule has 1 aromatic carbocycles. The minimum Gasteiger partial charge on any atom is -0.489 e. The third-order valence-electron chi connectivity index (χ3n) is 3.13. The Morgan fingerprint density at radius 1 is 1.44 bits per heavy atom. The SMILES string of the molecule is CN1CCC(Oc2ccc(F)cc2C(=O)O)CC1. The molecule has 1 aromatic rings. The van der Waals surface area contributed by atoms with Gasteiger partial charge in [-0.3, -0.25) is 0 Å². The maximum Gasteiger partial charge on any atom is 0.339 e. The standard InChI is InChI=1S/C13H16FNO3/c1-15-6-4-10(5-7-15)18-12-3-2-9(14)8-11(12)13(16)17/h2-3,8,10H,4-7H2,1H3,(H,16,17). The molecule has 0 aromatic heterocycles. The first-order valence-electron chi connectivity index (χ1n) is 5.94. The molecule has 4 nitrogen and oxygen atoms in total. The van der Waals surface area contributed by atoms with E-state index < -0.39 is 11.8 Å². The second-order valence-corrected chi connectivity index (χ2v) is 4.57. The predicted octanol–water partition coefficient (Wildman–Crippen LogP) is 2.00. The highest BCUT2D eigenvalue weighted by atomic mass is 19.1. The molecule has 1 N–H and O–H groups in total. The van der Waals surface area contributed by atoms with Gasteiger partial charge in [0.1, 0.15) is 23.2 Å². The van der Waals surface area contributed by atoms with Crippen molar-refractivity contribution in [3.05, 3.63) is 29.6 Å². The van der Waals surface area contributed by atoms with Crippen LogP contribution in [0.1, 0.15) is 23.2 Å². The first-order chi connectivity index (χ1) is 8.56. The van der Waals surface area contributed by atoms with E-state index in [-0.39, 0.29) is 17.4 Å². The molecule has 0 atom stereocenters. The Balaban J connectivity index is 2.11. The summed E-state index contributed by atoms with van der Waals surface area (Å²) in [5.74, 6) is -1.49. The van der Waals surface area contributed by atoms with Crippen molar-refractivity contribution in [1.82, 2.24) is 4.90 Å². The molecule has 98 valence electrons. The number of carboxylic acid groups (broad SMARTS) is 1. The number of nitrogens with zero attached hydrogens (tertiary/aromatic N) is 1. The number of aromatic carboxylic acids is 1. The average molecular weight is 253 g/mol. The second-order valence-electron chi connectivity index (χ2n) is 4.57. The summed E-state index contributed by atoms with van der Waals surface area (Å²) < 4.78 is 18.7. The molecule has 0 bridgehead atoms. The van der Waals surface area contributed by atoms with Gasteiger partial charge in [0.25, 0.3) is 0 Å². The molecule has 0 amide bonds. The van der Waals surface area contributed by atoms with Gasteiger partial charge >= 0.3 is 5.97 Å². The van der Waals surface area contributed by atoms with Gasteiger partial charge in [-0.05, 0) is 38.1 Å². The van der Waals surface area contributed by atoms with Crippen LogP contribution in [0.15, 0.2) is 18.2 Å². The van der Waals surface area contributed by atoms with Crippen LogP contribution in [0.3, 0.4) is 0 Å². The number of hydrogen-bond acceptors (Lipinski definition) is 3. The van der Waals surface area contributed by atoms with Crippen molar-refractivity contribution in [2.45, 2.75) is 18.9 Å². The molecule has 0 spiro atoms. The Hall–Kier alpha value is -1.62. The maximum absolute atomic E-state index is 13.0. The quantitative estimate of drug-likeness (QED) is 0.895. The first-order valence-corrected chi connectivity index (χ1v) is 5.94. The van der Waals surface area contributed by atoms with Gasteiger partial charge in [0.15, 0.2) is 0 Å². The number of carbonyl (C=O) groups is 1. The van der Waals surface area contributed by atoms with Crippen molar-refractivity contribution in [1.29, 1.82) is 0 Å². The zero-order chi connectivity index (χ0) is 13.1. The zero-order valence-electron chi connectivity index (χ0n) is 10.2. The van der Waals surface area contributed by atoms with Gasteiger partial charge in [-0.2, -0.15) is 0 Å². The van der Waals surface area contributed by atoms with E-state index in [4.69, 9.17) is 9.84 Å². The highest BCUT2D eigenvalue weighted by Crippen LogP contribution is 2.24. The predicted molar refractivity (Wildman–Crippen MR) is 64.5 cm³/mol. The van der Waals surface area contributed by atoms with Gasteiger partial charge in [-0.25, -0.2) is 9.18 Å². The topological polar surface area (TPSA) is 49.8 Å². The minimum absolute atomic E-state index is 0.00441. The van der Waals surface area contributed by atoms with E-state index in [0.717, 1.165) is 32.0 Å². The minimum atomic E-state index is -1.17. The van der Waals surface area contributed by atoms with Gasteiger partial charge in [0.2, 0.25) is 0 Å². The Kier molecular flexibility index (Phi) is 3.81. The molecule has 1 heterocycles. The summed E-state index contributed by atoms with van der Waals surface area (Å²) in [6.45, 7) is 1.85. The van der Waals surface area contributed by atoms with Crippen molar-refractivity contribution >= 4 is 5.97 Å². The number of ether oxygens (including phenoxy) is 1. The number of piperidine rings is 1. The van der Waals surface area contributed by atoms with Crippen molar-refractivity contribution in [3.63, 3.8) is 0 Å². The second kappa shape index (κ2) is 5.35. The van der Waals surface area contributed by atoms with Crippen molar-refractivity contribution in [2.24, 2.45) is 0 Å². The fourth-order valence-corrected chi connectivity index (χ4v) is 2.05. The van der Waals surface area contributed by atoms with Crippen molar-refractivity contribution in [3.8, 4) is 5.75 Å². The Morgan fingerprint density at radius 3 is 2.72 bits per heavy atom. The molecule has 1 saturated heterocycles. The normalized spacial score (nSPS) is 17.7. The van der Waals surface area contributed by atoms with E-state index in [1.54, 1.807) is 0 Å². The summed E-state index contributed by atoms with van der Waals surface area (Å²) in [5.41, 5.74) is -0.117. The summed E-state index contributed by atoms with van der Waals surface area (Å²) >= 11 is 0. The molecule has 1 aliphatic heterocycles. The summed E-state index contributed by atoms with van der Waals surface area (Å²) in [7, 11) is 2.04. The molecule has 0 saturated carbocycles. The van der Waals surface area contributed by atoms with Crippen LogP contribution in [0.2, 0.25) is 0 Å². The van der Waals surface area contributed by atoms with Crippen LogP contribution in [0.4, 0.5) is 4.39 Å². The number of likely N-dealkylation sites (tertiary alicyclic amines) is 1. The third kappa shape index (κ3) is 2.98. The Morgan fingerprint density at radius 2 is 2.11 bits per heavy atom. The lowest BCUT2D eigenvalue weighted by Gasteiger charge is -2.29. The number of hydrogen-bond donors (Lipinski definition) is 1. The highest BCUT2D eigenvalue weighted by Gasteiger charge is 2.21. The van der Waals surface area contributed by atoms with Crippen LogP contribution in [0.25, 0.3) is 0 Å². The summed E-state index contributed by atoms with van der Waals surface area (Å²) in [6, 6.07) is 3.60. The number of rotatable bonds is 3. The van der Waals surface area contributed by atoms with Crippen LogP contribution in [-0.2, 0) is 0 Å². The first kappa shape index (κ1) is 12.8. The largest absolute Gasteiger partial charge is 0.489 e. The zero-order valence-corrected chi connectivity index (χ0v) is 10.2. The van der Waals surface area contributed by atoms with E-state index in [2.05, 4.69) is 4.90 Å². The van der Waals surface area contributed by atoms with E-state index in [0.29, 0.717) is 0 Å². The smallest absolute Gasteiger partial charge is 0.339 e. The molecule has 0 radical (unpaired) electrons. The van der Waals surface area contributed by atoms with Crippen LogP contribution < -0.4 is 4.74 Å². The maximum atomic E-state index is 13.0. The summed E-state index contributed by atoms with van der Waals surface area (Å²) in [4.78, 5) is 13.2. The van der Waals surface area contributed by atoms with Gasteiger partial charge < -0.3 is 14.7 Å². The van der Waals surface area contributed by atoms with Gasteiger partial charge in [0.05, 0.1) is 0 Å². The monoisotopic (exact) mass is 253 g/mol. The lowest BCUT2D eigenvalue weighted by molar-refractivity contribution is 0.0680. The average Bonchev–Trinajstić information content (AvgIpc) is 2.34. The summed E-state index contributed by atoms with van der Waals surface area (Å²) in [6.07, 6.45) is 1.71. The fraction of sp³-hybridized carbons (Fsp3) is 0.462. The van der Waals surface area contributed by atoms with E-state index in [1.807, 2.05) is 7.05 Å². The lowest BCUT2D eigenvalue weighted by Crippen LogP contribution is -2.35. The molecule has 1 fully saturated rings. The van der Waals surface area contributed by atoms with E-state index in [1.165, 1.54) is 12.1 Å². The third-order valence-corrected chi connectivity index (χ3v) is 3.13. The number of carboxylic acids is 1. The lowest BCUT2D eigenvalue weighted by atomic mass is 10.1. The molecular weight excluding hydrogens is 237 g/mol. The van der Waals surface area contributed by atoms with Gasteiger partial charge in [0, 0.05) is 13.1 Å². The molecule has 5 heteroatoms. The molecule has 1 aliphatic rings. The van der Waals surface area contributed by atoms with Gasteiger partial charge in [-0.1, -0.05) is 0 Å². The highest BCUT2D eigenvalue weighted by molar-refractivity contribution is 5.90. The molecular formula is C13H16FNO3. The fourth-order valence-electron chi connectivity index (χ4n) is 2.05. The Bertz CT molecular complexity index is 442. The molecule has 0 unspecified atom stereocenters. The number of benzene rings is 1. The molecule has 2 rings (SSSR count).